The fourth-order valence-electron chi connectivity index (χ4n) is 2.24. The average molecular weight is 234 g/mol. The van der Waals surface area contributed by atoms with Crippen molar-refractivity contribution in [3.63, 3.8) is 0 Å². The lowest BCUT2D eigenvalue weighted by Crippen LogP contribution is -2.33. The maximum Gasteiger partial charge on any atom is 0.337 e. The van der Waals surface area contributed by atoms with Gasteiger partial charge in [-0.15, -0.1) is 0 Å². The van der Waals surface area contributed by atoms with Crippen LogP contribution in [-0.2, 0) is 0 Å². The number of hydrogen-bond acceptors (Lipinski definition) is 3. The normalized spacial score (nSPS) is 17.1. The summed E-state index contributed by atoms with van der Waals surface area (Å²) in [7, 11) is 0. The number of hydrogen-bond donors (Lipinski definition) is 2. The minimum Gasteiger partial charge on any atom is -0.478 e. The first kappa shape index (κ1) is 11.8. The number of carbonyl (C=O) groups is 1. The molecule has 1 aliphatic rings. The second kappa shape index (κ2) is 4.65. The van der Waals surface area contributed by atoms with E-state index in [0.29, 0.717) is 11.3 Å². The Morgan fingerprint density at radius 3 is 2.65 bits per heavy atom. The molecule has 1 aromatic carbocycles. The van der Waals surface area contributed by atoms with Crippen molar-refractivity contribution >= 4 is 17.3 Å². The molecule has 0 aromatic heterocycles. The number of aromatic carboxylic acids is 1. The molecule has 4 heteroatoms. The first-order valence-corrected chi connectivity index (χ1v) is 5.95. The van der Waals surface area contributed by atoms with Crippen LogP contribution in [0.5, 0.6) is 0 Å². The van der Waals surface area contributed by atoms with Crippen LogP contribution in [0.1, 0.15) is 30.1 Å². The zero-order chi connectivity index (χ0) is 12.4. The van der Waals surface area contributed by atoms with Gasteiger partial charge in [0.15, 0.2) is 0 Å². The van der Waals surface area contributed by atoms with Crippen LogP contribution in [0.25, 0.3) is 0 Å². The summed E-state index contributed by atoms with van der Waals surface area (Å²) in [5.74, 6) is -0.167. The quantitative estimate of drug-likeness (QED) is 0.770. The van der Waals surface area contributed by atoms with E-state index in [1.54, 1.807) is 18.2 Å². The fourth-order valence-corrected chi connectivity index (χ4v) is 2.24. The van der Waals surface area contributed by atoms with Gasteiger partial charge in [0.2, 0.25) is 0 Å². The molecule has 17 heavy (non-hydrogen) atoms. The maximum absolute atomic E-state index is 11.2. The van der Waals surface area contributed by atoms with Gasteiger partial charge >= 0.3 is 5.97 Å². The molecule has 0 aliphatic carbocycles. The van der Waals surface area contributed by atoms with Crippen LogP contribution >= 0.6 is 0 Å². The summed E-state index contributed by atoms with van der Waals surface area (Å²) in [4.78, 5) is 13.3. The van der Waals surface area contributed by atoms with Crippen LogP contribution in [0.4, 0.5) is 11.4 Å². The van der Waals surface area contributed by atoms with E-state index >= 15 is 0 Å². The largest absolute Gasteiger partial charge is 0.478 e. The van der Waals surface area contributed by atoms with Crippen LogP contribution in [-0.4, -0.2) is 24.2 Å². The molecule has 92 valence electrons. The van der Waals surface area contributed by atoms with E-state index in [9.17, 15) is 9.90 Å². The van der Waals surface area contributed by atoms with E-state index in [1.165, 1.54) is 0 Å². The maximum atomic E-state index is 11.2. The Bertz CT molecular complexity index is 423. The molecule has 0 radical (unpaired) electrons. The zero-order valence-electron chi connectivity index (χ0n) is 10.0. The minimum atomic E-state index is -0.890. The summed E-state index contributed by atoms with van der Waals surface area (Å²) in [5, 5.41) is 9.17. The Labute approximate surface area is 101 Å². The molecule has 0 bridgehead atoms. The molecule has 0 unspecified atom stereocenters. The van der Waals surface area contributed by atoms with E-state index in [2.05, 4.69) is 11.8 Å². The van der Waals surface area contributed by atoms with Crippen molar-refractivity contribution in [3.05, 3.63) is 23.8 Å². The van der Waals surface area contributed by atoms with Crippen molar-refractivity contribution in [2.24, 2.45) is 5.92 Å². The lowest BCUT2D eigenvalue weighted by atomic mass is 9.98. The number of nitrogens with zero attached hydrogens (tertiary/aromatic N) is 1. The number of nitrogen functional groups attached to an aromatic ring is 1. The molecule has 3 N–H and O–H groups in total. The first-order valence-electron chi connectivity index (χ1n) is 5.95. The summed E-state index contributed by atoms with van der Waals surface area (Å²) < 4.78 is 0. The SMILES string of the molecule is CC1CCN(c2cc(N)ccc2C(=O)O)CC1. The van der Waals surface area contributed by atoms with E-state index in [1.807, 2.05) is 0 Å². The zero-order valence-corrected chi connectivity index (χ0v) is 10.0. The third-order valence-corrected chi connectivity index (χ3v) is 3.38. The summed E-state index contributed by atoms with van der Waals surface area (Å²) in [5.41, 5.74) is 7.45. The molecule has 1 aromatic rings. The van der Waals surface area contributed by atoms with Crippen LogP contribution in [0.3, 0.4) is 0 Å². The molecular weight excluding hydrogens is 216 g/mol. The fraction of sp³-hybridized carbons (Fsp3) is 0.462. The lowest BCUT2D eigenvalue weighted by molar-refractivity contribution is 0.0697. The van der Waals surface area contributed by atoms with Crippen molar-refractivity contribution in [1.82, 2.24) is 0 Å². The Balaban J connectivity index is 2.30. The van der Waals surface area contributed by atoms with Crippen molar-refractivity contribution < 1.29 is 9.90 Å². The molecule has 1 saturated heterocycles. The van der Waals surface area contributed by atoms with Crippen LogP contribution in [0, 0.1) is 5.92 Å². The van der Waals surface area contributed by atoms with Gasteiger partial charge in [-0.2, -0.15) is 0 Å². The Morgan fingerprint density at radius 2 is 2.06 bits per heavy atom. The van der Waals surface area contributed by atoms with Crippen molar-refractivity contribution in [3.8, 4) is 0 Å². The number of benzene rings is 1. The summed E-state index contributed by atoms with van der Waals surface area (Å²) >= 11 is 0. The third kappa shape index (κ3) is 2.52. The van der Waals surface area contributed by atoms with Crippen LogP contribution < -0.4 is 10.6 Å². The van der Waals surface area contributed by atoms with Gasteiger partial charge < -0.3 is 15.7 Å². The van der Waals surface area contributed by atoms with Crippen LogP contribution in [0.15, 0.2) is 18.2 Å². The molecule has 0 spiro atoms. The Hall–Kier alpha value is -1.71. The van der Waals surface area contributed by atoms with Crippen molar-refractivity contribution in [2.75, 3.05) is 23.7 Å². The molecule has 0 saturated carbocycles. The van der Waals surface area contributed by atoms with E-state index in [0.717, 1.165) is 37.5 Å². The molecule has 1 heterocycles. The van der Waals surface area contributed by atoms with Gasteiger partial charge in [0.25, 0.3) is 0 Å². The molecule has 2 rings (SSSR count). The van der Waals surface area contributed by atoms with Gasteiger partial charge in [-0.1, -0.05) is 6.92 Å². The molecular formula is C13H18N2O2. The molecule has 4 nitrogen and oxygen atoms in total. The second-order valence-corrected chi connectivity index (χ2v) is 4.75. The molecule has 1 fully saturated rings. The van der Waals surface area contributed by atoms with Crippen molar-refractivity contribution in [1.29, 1.82) is 0 Å². The predicted molar refractivity (Wildman–Crippen MR) is 68.4 cm³/mol. The second-order valence-electron chi connectivity index (χ2n) is 4.75. The molecule has 0 amide bonds. The number of anilines is 2. The number of piperidine rings is 1. The Morgan fingerprint density at radius 1 is 1.41 bits per heavy atom. The topological polar surface area (TPSA) is 66.6 Å². The number of carboxylic acids is 1. The standard InChI is InChI=1S/C13H18N2O2/c1-9-4-6-15(7-5-9)12-8-10(14)2-3-11(12)13(16)17/h2-3,8-9H,4-7,14H2,1H3,(H,16,17). The lowest BCUT2D eigenvalue weighted by Gasteiger charge is -2.33. The van der Waals surface area contributed by atoms with Gasteiger partial charge in [0.1, 0.15) is 0 Å². The van der Waals surface area contributed by atoms with Gasteiger partial charge in [0, 0.05) is 18.8 Å². The van der Waals surface area contributed by atoms with E-state index in [-0.39, 0.29) is 0 Å². The summed E-state index contributed by atoms with van der Waals surface area (Å²) in [6.07, 6.45) is 2.21. The number of carboxylic acid groups (broad SMARTS) is 1. The molecule has 0 atom stereocenters. The van der Waals surface area contributed by atoms with Gasteiger partial charge in [-0.05, 0) is 37.0 Å². The minimum absolute atomic E-state index is 0.341. The highest BCUT2D eigenvalue weighted by Crippen LogP contribution is 2.28. The van der Waals surface area contributed by atoms with Gasteiger partial charge in [0.05, 0.1) is 11.3 Å². The average Bonchev–Trinajstić information content (AvgIpc) is 2.29. The number of nitrogens with two attached hydrogens (primary N) is 1. The van der Waals surface area contributed by atoms with E-state index < -0.39 is 5.97 Å². The summed E-state index contributed by atoms with van der Waals surface area (Å²) in [6, 6.07) is 4.99. The van der Waals surface area contributed by atoms with E-state index in [4.69, 9.17) is 5.73 Å². The first-order chi connectivity index (χ1) is 8.08. The highest BCUT2D eigenvalue weighted by atomic mass is 16.4. The number of rotatable bonds is 2. The molecule has 1 aliphatic heterocycles. The Kier molecular flexibility index (Phi) is 3.22. The summed E-state index contributed by atoms with van der Waals surface area (Å²) in [6.45, 7) is 4.05. The van der Waals surface area contributed by atoms with Crippen LogP contribution in [0.2, 0.25) is 0 Å². The third-order valence-electron chi connectivity index (χ3n) is 3.38. The monoisotopic (exact) mass is 234 g/mol. The van der Waals surface area contributed by atoms with Gasteiger partial charge in [-0.3, -0.25) is 0 Å². The highest BCUT2D eigenvalue weighted by molar-refractivity contribution is 5.95. The highest BCUT2D eigenvalue weighted by Gasteiger charge is 2.20. The van der Waals surface area contributed by atoms with Crippen molar-refractivity contribution in [2.45, 2.75) is 19.8 Å². The van der Waals surface area contributed by atoms with Gasteiger partial charge in [-0.25, -0.2) is 4.79 Å². The smallest absolute Gasteiger partial charge is 0.337 e. The predicted octanol–water partition coefficient (Wildman–Crippen LogP) is 2.20.